The number of aryl methyl sites for hydroxylation is 1. The van der Waals surface area contributed by atoms with E-state index in [1.54, 1.807) is 13.0 Å². The molecule has 2 aromatic carbocycles. The van der Waals surface area contributed by atoms with Gasteiger partial charge in [0.15, 0.2) is 0 Å². The van der Waals surface area contributed by atoms with Crippen LogP contribution >= 0.6 is 15.9 Å². The van der Waals surface area contributed by atoms with Gasteiger partial charge in [-0.2, -0.15) is 0 Å². The van der Waals surface area contributed by atoms with Crippen LogP contribution in [0.2, 0.25) is 0 Å². The highest BCUT2D eigenvalue weighted by Gasteiger charge is 2.12. The van der Waals surface area contributed by atoms with Gasteiger partial charge in [-0.05, 0) is 43.0 Å². The zero-order chi connectivity index (χ0) is 17.7. The van der Waals surface area contributed by atoms with Gasteiger partial charge in [0, 0.05) is 29.3 Å². The van der Waals surface area contributed by atoms with Gasteiger partial charge in [0.05, 0.1) is 0 Å². The number of hydrogen-bond acceptors (Lipinski definition) is 1. The molecule has 2 rings (SSSR count). The normalized spacial score (nSPS) is 10.6. The Bertz CT molecular complexity index is 730. The molecule has 0 aliphatic heterocycles. The first-order chi connectivity index (χ1) is 11.5. The van der Waals surface area contributed by atoms with E-state index in [9.17, 15) is 4.39 Å². The lowest BCUT2D eigenvalue weighted by Gasteiger charge is -2.23. The summed E-state index contributed by atoms with van der Waals surface area (Å²) in [5.74, 6) is -0.144. The third-order valence-corrected chi connectivity index (χ3v) is 5.36. The predicted molar refractivity (Wildman–Crippen MR) is 106 cm³/mol. The maximum atomic E-state index is 13.8. The first kappa shape index (κ1) is 18.7. The number of benzene rings is 2. The Hall–Kier alpha value is -1.61. The monoisotopic (exact) mass is 389 g/mol. The van der Waals surface area contributed by atoms with Gasteiger partial charge in [0.25, 0.3) is 0 Å². The van der Waals surface area contributed by atoms with E-state index < -0.39 is 0 Å². The number of anilines is 1. The van der Waals surface area contributed by atoms with Crippen molar-refractivity contribution >= 4 is 26.1 Å². The predicted octanol–water partition coefficient (Wildman–Crippen LogP) is 6.70. The summed E-state index contributed by atoms with van der Waals surface area (Å²) in [5, 5.41) is 0. The molecule has 3 heteroatoms. The molecule has 0 heterocycles. The third kappa shape index (κ3) is 4.27. The number of nitrogens with zero attached hydrogens (tertiary/aromatic N) is 1. The first-order valence-electron chi connectivity index (χ1n) is 8.41. The van der Waals surface area contributed by atoms with Crippen molar-refractivity contribution in [2.45, 2.75) is 40.2 Å². The first-order valence-corrected chi connectivity index (χ1v) is 9.20. The zero-order valence-electron chi connectivity index (χ0n) is 14.9. The molecular formula is C21H25BrFN. The summed E-state index contributed by atoms with van der Waals surface area (Å²) in [6.07, 6.45) is 2.05. The maximum absolute atomic E-state index is 13.8. The van der Waals surface area contributed by atoms with Gasteiger partial charge >= 0.3 is 0 Å². The fraction of sp³-hybridized carbons (Fsp3) is 0.333. The van der Waals surface area contributed by atoms with Crippen LogP contribution in [0.25, 0.3) is 4.48 Å². The summed E-state index contributed by atoms with van der Waals surface area (Å²) >= 11 is 3.79. The summed E-state index contributed by atoms with van der Waals surface area (Å²) in [7, 11) is 2.05. The quantitative estimate of drug-likeness (QED) is 0.531. The minimum Gasteiger partial charge on any atom is -0.370 e. The molecule has 0 saturated carbocycles. The molecule has 0 aliphatic carbocycles. The highest BCUT2D eigenvalue weighted by Crippen LogP contribution is 2.35. The molecule has 0 bridgehead atoms. The Balaban J connectivity index is 2.34. The Kier molecular flexibility index (Phi) is 6.61. The lowest BCUT2D eigenvalue weighted by molar-refractivity contribution is 0.616. The van der Waals surface area contributed by atoms with Crippen LogP contribution < -0.4 is 4.90 Å². The molecule has 0 amide bonds. The molecule has 0 radical (unpaired) electrons. The van der Waals surface area contributed by atoms with Gasteiger partial charge in [-0.25, -0.2) is 4.39 Å². The summed E-state index contributed by atoms with van der Waals surface area (Å²) in [6, 6.07) is 13.8. The van der Waals surface area contributed by atoms with Crippen LogP contribution in [0.4, 0.5) is 10.1 Å². The molecule has 0 N–H and O–H groups in total. The Morgan fingerprint density at radius 1 is 1.08 bits per heavy atom. The third-order valence-electron chi connectivity index (χ3n) is 4.37. The van der Waals surface area contributed by atoms with Crippen molar-refractivity contribution in [2.24, 2.45) is 0 Å². The summed E-state index contributed by atoms with van der Waals surface area (Å²) in [6.45, 7) is 6.82. The maximum Gasteiger partial charge on any atom is 0.126 e. The average Bonchev–Trinajstić information content (AvgIpc) is 2.59. The van der Waals surface area contributed by atoms with Crippen molar-refractivity contribution in [1.29, 1.82) is 0 Å². The van der Waals surface area contributed by atoms with E-state index in [0.717, 1.165) is 24.1 Å². The van der Waals surface area contributed by atoms with Gasteiger partial charge in [-0.1, -0.05) is 65.7 Å². The van der Waals surface area contributed by atoms with Crippen LogP contribution in [-0.4, -0.2) is 7.05 Å². The summed E-state index contributed by atoms with van der Waals surface area (Å²) in [4.78, 5) is 2.17. The van der Waals surface area contributed by atoms with Crippen LogP contribution in [0.5, 0.6) is 0 Å². The average molecular weight is 390 g/mol. The lowest BCUT2D eigenvalue weighted by atomic mass is 10.0. The van der Waals surface area contributed by atoms with E-state index in [1.165, 1.54) is 15.6 Å². The van der Waals surface area contributed by atoms with Crippen LogP contribution in [0.15, 0.2) is 48.0 Å². The number of allylic oxidation sites excluding steroid dienone is 1. The smallest absolute Gasteiger partial charge is 0.126 e. The van der Waals surface area contributed by atoms with Crippen LogP contribution in [0, 0.1) is 12.7 Å². The molecular weight excluding hydrogens is 365 g/mol. The van der Waals surface area contributed by atoms with E-state index in [2.05, 4.69) is 59.9 Å². The summed E-state index contributed by atoms with van der Waals surface area (Å²) < 4.78 is 15.0. The fourth-order valence-corrected chi connectivity index (χ4v) is 3.73. The highest BCUT2D eigenvalue weighted by atomic mass is 79.9. The van der Waals surface area contributed by atoms with E-state index in [0.29, 0.717) is 12.1 Å². The highest BCUT2D eigenvalue weighted by molar-refractivity contribution is 9.15. The molecule has 0 spiro atoms. The van der Waals surface area contributed by atoms with Gasteiger partial charge in [-0.3, -0.25) is 0 Å². The summed E-state index contributed by atoms with van der Waals surface area (Å²) in [5.41, 5.74) is 5.39. The van der Waals surface area contributed by atoms with Crippen LogP contribution in [0.3, 0.4) is 0 Å². The SMILES string of the molecule is CCC(CC)=C(Br)c1ccccc1N(C)Cc1ccc(C)c(F)c1. The molecule has 2 aromatic rings. The van der Waals surface area contributed by atoms with Crippen molar-refractivity contribution in [1.82, 2.24) is 0 Å². The number of para-hydroxylation sites is 1. The molecule has 0 aromatic heterocycles. The van der Waals surface area contributed by atoms with Crippen molar-refractivity contribution in [3.8, 4) is 0 Å². The second-order valence-electron chi connectivity index (χ2n) is 6.08. The van der Waals surface area contributed by atoms with Gasteiger partial charge in [0.1, 0.15) is 5.82 Å². The minimum absolute atomic E-state index is 0.144. The van der Waals surface area contributed by atoms with Crippen LogP contribution in [-0.2, 0) is 6.54 Å². The zero-order valence-corrected chi connectivity index (χ0v) is 16.5. The molecule has 0 unspecified atom stereocenters. The van der Waals surface area contributed by atoms with Crippen molar-refractivity contribution in [2.75, 3.05) is 11.9 Å². The number of hydrogen-bond donors (Lipinski definition) is 0. The molecule has 0 aliphatic rings. The van der Waals surface area contributed by atoms with Crippen molar-refractivity contribution in [3.05, 3.63) is 70.5 Å². The second kappa shape index (κ2) is 8.48. The second-order valence-corrected chi connectivity index (χ2v) is 6.87. The molecule has 0 saturated heterocycles. The van der Waals surface area contributed by atoms with Gasteiger partial charge < -0.3 is 4.90 Å². The minimum atomic E-state index is -0.144. The lowest BCUT2D eigenvalue weighted by Crippen LogP contribution is -2.18. The Morgan fingerprint density at radius 2 is 1.75 bits per heavy atom. The van der Waals surface area contributed by atoms with E-state index >= 15 is 0 Å². The molecule has 0 atom stereocenters. The van der Waals surface area contributed by atoms with E-state index in [-0.39, 0.29) is 5.82 Å². The Morgan fingerprint density at radius 3 is 2.38 bits per heavy atom. The molecule has 1 nitrogen and oxygen atoms in total. The molecule has 24 heavy (non-hydrogen) atoms. The Labute approximate surface area is 153 Å². The standard InChI is InChI=1S/C21H25BrFN/c1-5-17(6-2)21(22)18-9-7-8-10-20(18)24(4)14-16-12-11-15(3)19(23)13-16/h7-13H,5-6,14H2,1-4H3. The molecule has 128 valence electrons. The van der Waals surface area contributed by atoms with E-state index in [1.807, 2.05) is 18.2 Å². The largest absolute Gasteiger partial charge is 0.370 e. The van der Waals surface area contributed by atoms with Crippen molar-refractivity contribution < 1.29 is 4.39 Å². The topological polar surface area (TPSA) is 3.24 Å². The van der Waals surface area contributed by atoms with Crippen molar-refractivity contribution in [3.63, 3.8) is 0 Å². The van der Waals surface area contributed by atoms with Gasteiger partial charge in [-0.15, -0.1) is 0 Å². The number of rotatable bonds is 6. The molecule has 0 fully saturated rings. The van der Waals surface area contributed by atoms with E-state index in [4.69, 9.17) is 0 Å². The number of halogens is 2. The van der Waals surface area contributed by atoms with Gasteiger partial charge in [0.2, 0.25) is 0 Å². The fourth-order valence-electron chi connectivity index (χ4n) is 2.84. The van der Waals surface area contributed by atoms with Crippen LogP contribution in [0.1, 0.15) is 43.4 Å².